The monoisotopic (exact) mass is 510 g/mol. The van der Waals surface area contributed by atoms with Crippen molar-refractivity contribution < 1.29 is 22.7 Å². The molecule has 0 aliphatic heterocycles. The largest absolute Gasteiger partial charge is 0.465 e. The molecule has 3 heterocycles. The van der Waals surface area contributed by atoms with Gasteiger partial charge in [-0.05, 0) is 44.2 Å². The summed E-state index contributed by atoms with van der Waals surface area (Å²) in [5.74, 6) is -1.46. The zero-order chi connectivity index (χ0) is 24.8. The molecule has 1 aromatic carbocycles. The van der Waals surface area contributed by atoms with E-state index in [9.17, 15) is 13.2 Å². The Hall–Kier alpha value is -3.70. The minimum atomic E-state index is -3.78. The second kappa shape index (κ2) is 10.7. The first-order chi connectivity index (χ1) is 16.9. The van der Waals surface area contributed by atoms with Gasteiger partial charge in [0.05, 0.1) is 33.5 Å². The van der Waals surface area contributed by atoms with Crippen LogP contribution in [0.4, 0.5) is 0 Å². The maximum atomic E-state index is 12.4. The van der Waals surface area contributed by atoms with Crippen LogP contribution in [0.2, 0.25) is 0 Å². The maximum absolute atomic E-state index is 12.4. The van der Waals surface area contributed by atoms with Gasteiger partial charge < -0.3 is 9.47 Å². The number of pyridine rings is 1. The first-order valence-corrected chi connectivity index (χ1v) is 13.1. The average molecular weight is 511 g/mol. The summed E-state index contributed by atoms with van der Waals surface area (Å²) in [6.07, 6.45) is 3.22. The summed E-state index contributed by atoms with van der Waals surface area (Å²) in [6.45, 7) is 3.91. The molecule has 35 heavy (non-hydrogen) atoms. The van der Waals surface area contributed by atoms with Gasteiger partial charge in [-0.3, -0.25) is 4.79 Å². The van der Waals surface area contributed by atoms with Gasteiger partial charge in [-0.1, -0.05) is 18.2 Å². The van der Waals surface area contributed by atoms with Gasteiger partial charge in [0.1, 0.15) is 11.6 Å². The highest BCUT2D eigenvalue weighted by molar-refractivity contribution is 7.92. The van der Waals surface area contributed by atoms with E-state index in [2.05, 4.69) is 15.0 Å². The Labute approximate surface area is 206 Å². The number of aryl methyl sites for hydroxylation is 1. The average Bonchev–Trinajstić information content (AvgIpc) is 3.24. The number of hydrogen-bond acceptors (Lipinski definition) is 10. The summed E-state index contributed by atoms with van der Waals surface area (Å²) in [5, 5.41) is 0.772. The highest BCUT2D eigenvalue weighted by atomic mass is 32.2. The van der Waals surface area contributed by atoms with E-state index in [-0.39, 0.29) is 24.1 Å². The number of benzene rings is 1. The van der Waals surface area contributed by atoms with Gasteiger partial charge in [0, 0.05) is 18.0 Å². The molecule has 0 amide bonds. The summed E-state index contributed by atoms with van der Waals surface area (Å²) in [7, 11) is -3.78. The zero-order valence-electron chi connectivity index (χ0n) is 19.0. The van der Waals surface area contributed by atoms with Crippen molar-refractivity contribution in [3.8, 4) is 27.8 Å². The quantitative estimate of drug-likeness (QED) is 0.309. The van der Waals surface area contributed by atoms with Crippen LogP contribution >= 0.6 is 11.3 Å². The fourth-order valence-electron chi connectivity index (χ4n) is 3.23. The molecule has 180 valence electrons. The highest BCUT2D eigenvalue weighted by Crippen LogP contribution is 2.31. The summed E-state index contributed by atoms with van der Waals surface area (Å²) >= 11 is 1.47. The highest BCUT2D eigenvalue weighted by Gasteiger charge is 2.20. The second-order valence-electron chi connectivity index (χ2n) is 7.34. The lowest BCUT2D eigenvalue weighted by Gasteiger charge is -2.07. The molecular weight excluding hydrogens is 488 g/mol. The Balaban J connectivity index is 1.51. The van der Waals surface area contributed by atoms with E-state index >= 15 is 0 Å². The Bertz CT molecular complexity index is 1420. The van der Waals surface area contributed by atoms with Crippen molar-refractivity contribution in [2.24, 2.45) is 0 Å². The van der Waals surface area contributed by atoms with Crippen LogP contribution in [0.1, 0.15) is 17.6 Å². The van der Waals surface area contributed by atoms with Gasteiger partial charge in [0.25, 0.3) is 0 Å². The van der Waals surface area contributed by atoms with Crippen LogP contribution in [0, 0.1) is 6.92 Å². The van der Waals surface area contributed by atoms with Crippen molar-refractivity contribution in [3.05, 3.63) is 71.6 Å². The van der Waals surface area contributed by atoms with Crippen molar-refractivity contribution in [2.45, 2.75) is 25.3 Å². The Kier molecular flexibility index (Phi) is 7.47. The molecule has 0 unspecified atom stereocenters. The number of sulfone groups is 1. The van der Waals surface area contributed by atoms with Crippen molar-refractivity contribution in [1.29, 1.82) is 0 Å². The predicted molar refractivity (Wildman–Crippen MR) is 131 cm³/mol. The molecule has 0 spiro atoms. The summed E-state index contributed by atoms with van der Waals surface area (Å²) in [4.78, 5) is 30.0. The Morgan fingerprint density at radius 2 is 1.69 bits per heavy atom. The molecule has 3 aromatic heterocycles. The van der Waals surface area contributed by atoms with Crippen LogP contribution < -0.4 is 4.74 Å². The lowest BCUT2D eigenvalue weighted by atomic mass is 10.1. The number of rotatable bonds is 9. The van der Waals surface area contributed by atoms with Crippen molar-refractivity contribution >= 4 is 27.1 Å². The van der Waals surface area contributed by atoms with E-state index in [1.165, 1.54) is 23.5 Å². The van der Waals surface area contributed by atoms with E-state index in [1.807, 2.05) is 25.1 Å². The van der Waals surface area contributed by atoms with Gasteiger partial charge in [-0.15, -0.1) is 11.3 Å². The molecule has 4 rings (SSSR count). The molecule has 0 atom stereocenters. The number of thiazole rings is 1. The van der Waals surface area contributed by atoms with Crippen LogP contribution in [0.3, 0.4) is 0 Å². The molecule has 0 fully saturated rings. The molecule has 0 saturated carbocycles. The topological polar surface area (TPSA) is 121 Å². The van der Waals surface area contributed by atoms with Crippen LogP contribution in [0.15, 0.2) is 65.8 Å². The van der Waals surface area contributed by atoms with Crippen LogP contribution in [0.25, 0.3) is 21.8 Å². The molecule has 0 radical (unpaired) electrons. The second-order valence-corrected chi connectivity index (χ2v) is 10.4. The summed E-state index contributed by atoms with van der Waals surface area (Å²) in [6, 6.07) is 13.9. The number of nitrogens with zero attached hydrogens (tertiary/aromatic N) is 4. The summed E-state index contributed by atoms with van der Waals surface area (Å²) < 4.78 is 35.2. The molecular formula is C24H22N4O5S2. The standard InChI is InChI=1S/C24H22N4O5S2/c1-3-32-22(29)15-35(30,31)18-10-8-17(9-11-18)19-6-4-7-20(28-19)23-16(2)27-21(34-23)14-33-24-25-12-5-13-26-24/h4-13H,3,14-15H2,1-2H3. The van der Waals surface area contributed by atoms with Gasteiger partial charge in [-0.2, -0.15) is 0 Å². The maximum Gasteiger partial charge on any atom is 0.321 e. The number of esters is 1. The minimum Gasteiger partial charge on any atom is -0.465 e. The van der Waals surface area contributed by atoms with Gasteiger partial charge in [0.2, 0.25) is 0 Å². The Morgan fingerprint density at radius 3 is 2.40 bits per heavy atom. The van der Waals surface area contributed by atoms with Gasteiger partial charge in [-0.25, -0.2) is 28.4 Å². The SMILES string of the molecule is CCOC(=O)CS(=O)(=O)c1ccc(-c2cccc(-c3sc(COc4ncccn4)nc3C)n2)cc1. The number of ether oxygens (including phenoxy) is 2. The first-order valence-electron chi connectivity index (χ1n) is 10.7. The lowest BCUT2D eigenvalue weighted by Crippen LogP contribution is -2.18. The third-order valence-electron chi connectivity index (χ3n) is 4.81. The normalized spacial score (nSPS) is 11.3. The van der Waals surface area contributed by atoms with Crippen molar-refractivity contribution in [2.75, 3.05) is 12.4 Å². The van der Waals surface area contributed by atoms with E-state index in [0.29, 0.717) is 5.69 Å². The third-order valence-corrected chi connectivity index (χ3v) is 7.57. The zero-order valence-corrected chi connectivity index (χ0v) is 20.7. The molecule has 4 aromatic rings. The summed E-state index contributed by atoms with van der Waals surface area (Å²) in [5.41, 5.74) is 3.00. The molecule has 0 aliphatic carbocycles. The van der Waals surface area contributed by atoms with Gasteiger partial charge in [0.15, 0.2) is 15.6 Å². The fourth-order valence-corrected chi connectivity index (χ4v) is 5.29. The van der Waals surface area contributed by atoms with Crippen LogP contribution in [-0.4, -0.2) is 46.7 Å². The molecule has 0 saturated heterocycles. The third kappa shape index (κ3) is 6.06. The van der Waals surface area contributed by atoms with E-state index < -0.39 is 21.6 Å². The van der Waals surface area contributed by atoms with E-state index in [0.717, 1.165) is 26.8 Å². The molecule has 0 N–H and O–H groups in total. The first kappa shape index (κ1) is 24.4. The van der Waals surface area contributed by atoms with Crippen LogP contribution in [0.5, 0.6) is 6.01 Å². The number of carbonyl (C=O) groups excluding carboxylic acids is 1. The number of aromatic nitrogens is 4. The van der Waals surface area contributed by atoms with E-state index in [4.69, 9.17) is 14.5 Å². The molecule has 9 nitrogen and oxygen atoms in total. The Morgan fingerprint density at radius 1 is 0.971 bits per heavy atom. The minimum absolute atomic E-state index is 0.0517. The smallest absolute Gasteiger partial charge is 0.321 e. The fraction of sp³-hybridized carbons (Fsp3) is 0.208. The predicted octanol–water partition coefficient (Wildman–Crippen LogP) is 3.89. The molecule has 11 heteroatoms. The number of carbonyl (C=O) groups is 1. The molecule has 0 bridgehead atoms. The molecule has 0 aliphatic rings. The van der Waals surface area contributed by atoms with E-state index in [1.54, 1.807) is 37.5 Å². The van der Waals surface area contributed by atoms with Crippen LogP contribution in [-0.2, 0) is 26.0 Å². The van der Waals surface area contributed by atoms with Gasteiger partial charge >= 0.3 is 12.0 Å². The number of hydrogen-bond donors (Lipinski definition) is 0. The lowest BCUT2D eigenvalue weighted by molar-refractivity contribution is -0.139. The van der Waals surface area contributed by atoms with Crippen molar-refractivity contribution in [3.63, 3.8) is 0 Å². The van der Waals surface area contributed by atoms with Crippen molar-refractivity contribution in [1.82, 2.24) is 19.9 Å².